The molecule has 43 heavy (non-hydrogen) atoms. The summed E-state index contributed by atoms with van der Waals surface area (Å²) >= 11 is 0. The van der Waals surface area contributed by atoms with E-state index in [2.05, 4.69) is 10.6 Å². The van der Waals surface area contributed by atoms with E-state index in [0.717, 1.165) is 36.0 Å². The van der Waals surface area contributed by atoms with E-state index in [1.807, 2.05) is 62.4 Å². The lowest BCUT2D eigenvalue weighted by molar-refractivity contribution is -0.145. The zero-order valence-electron chi connectivity index (χ0n) is 25.9. The van der Waals surface area contributed by atoms with E-state index < -0.39 is 23.8 Å². The van der Waals surface area contributed by atoms with Crippen LogP contribution >= 0.6 is 0 Å². The lowest BCUT2D eigenvalue weighted by atomic mass is 9.87. The number of nitrogens with one attached hydrogen (secondary N) is 2. The Hall–Kier alpha value is -4.33. The van der Waals surface area contributed by atoms with E-state index in [1.165, 1.54) is 0 Å². The first kappa shape index (κ1) is 31.6. The number of para-hydroxylation sites is 1. The highest BCUT2D eigenvalue weighted by molar-refractivity contribution is 6.00. The molecule has 4 rings (SSSR count). The molecule has 0 heterocycles. The number of hydrogen-bond acceptors (Lipinski definition) is 5. The average Bonchev–Trinajstić information content (AvgIpc) is 2.90. The number of phenols is 1. The van der Waals surface area contributed by atoms with Crippen molar-refractivity contribution in [1.82, 2.24) is 10.2 Å². The van der Waals surface area contributed by atoms with Crippen molar-refractivity contribution in [2.75, 3.05) is 5.32 Å². The van der Waals surface area contributed by atoms with Gasteiger partial charge in [0.25, 0.3) is 5.91 Å². The number of ether oxygens (including phenoxy) is 1. The summed E-state index contributed by atoms with van der Waals surface area (Å²) in [6.45, 7) is 10.9. The van der Waals surface area contributed by atoms with Gasteiger partial charge in [-0.25, -0.2) is 4.79 Å². The van der Waals surface area contributed by atoms with Crippen LogP contribution in [0, 0.1) is 20.8 Å². The highest BCUT2D eigenvalue weighted by atomic mass is 16.6. The van der Waals surface area contributed by atoms with Crippen molar-refractivity contribution in [3.05, 3.63) is 94.5 Å². The lowest BCUT2D eigenvalue weighted by Crippen LogP contribution is -2.57. The molecule has 3 aromatic rings. The molecule has 228 valence electrons. The number of anilines is 1. The fraction of sp³-hybridized carbons (Fsp3) is 0.400. The number of hydrogen-bond donors (Lipinski definition) is 3. The third kappa shape index (κ3) is 7.95. The molecule has 0 saturated heterocycles. The van der Waals surface area contributed by atoms with Crippen molar-refractivity contribution in [3.63, 3.8) is 0 Å². The maximum absolute atomic E-state index is 14.7. The molecule has 1 fully saturated rings. The molecule has 2 unspecified atom stereocenters. The summed E-state index contributed by atoms with van der Waals surface area (Å²) < 4.78 is 5.54. The third-order valence-corrected chi connectivity index (χ3v) is 7.79. The van der Waals surface area contributed by atoms with Crippen LogP contribution in [0.25, 0.3) is 0 Å². The van der Waals surface area contributed by atoms with E-state index in [0.29, 0.717) is 16.8 Å². The summed E-state index contributed by atoms with van der Waals surface area (Å²) in [4.78, 5) is 43.6. The lowest BCUT2D eigenvalue weighted by Gasteiger charge is -2.43. The summed E-state index contributed by atoms with van der Waals surface area (Å²) in [6, 6.07) is 18.0. The Morgan fingerprint density at radius 2 is 1.58 bits per heavy atom. The van der Waals surface area contributed by atoms with Crippen molar-refractivity contribution in [2.24, 2.45) is 0 Å². The van der Waals surface area contributed by atoms with Crippen LogP contribution < -0.4 is 10.6 Å². The highest BCUT2D eigenvalue weighted by Gasteiger charge is 2.42. The summed E-state index contributed by atoms with van der Waals surface area (Å²) in [6.07, 6.45) is 1.92. The molecule has 3 amide bonds. The van der Waals surface area contributed by atoms with Crippen LogP contribution in [0.2, 0.25) is 0 Å². The second kappa shape index (κ2) is 13.3. The number of carbonyl (C=O) groups excluding carboxylic acids is 3. The Labute approximate surface area is 254 Å². The first-order valence-corrected chi connectivity index (χ1v) is 14.9. The molecule has 0 spiro atoms. The number of nitrogens with zero attached hydrogens (tertiary/aromatic N) is 1. The Morgan fingerprint density at radius 1 is 0.930 bits per heavy atom. The first-order valence-electron chi connectivity index (χ1n) is 14.9. The smallest absolute Gasteiger partial charge is 0.408 e. The zero-order chi connectivity index (χ0) is 31.3. The van der Waals surface area contributed by atoms with Crippen LogP contribution in [0.4, 0.5) is 10.5 Å². The summed E-state index contributed by atoms with van der Waals surface area (Å²) in [5.41, 5.74) is 3.79. The molecule has 1 aliphatic rings. The number of benzene rings is 3. The predicted octanol–water partition coefficient (Wildman–Crippen LogP) is 6.51. The van der Waals surface area contributed by atoms with Crippen LogP contribution in [0.5, 0.6) is 5.75 Å². The number of carbonyl (C=O) groups is 3. The minimum atomic E-state index is -1.00. The van der Waals surface area contributed by atoms with E-state index in [1.54, 1.807) is 50.8 Å². The van der Waals surface area contributed by atoms with Crippen LogP contribution in [-0.2, 0) is 20.7 Å². The summed E-state index contributed by atoms with van der Waals surface area (Å²) in [5, 5.41) is 16.2. The van der Waals surface area contributed by atoms with Crippen molar-refractivity contribution in [1.29, 1.82) is 0 Å². The molecule has 0 bridgehead atoms. The zero-order valence-corrected chi connectivity index (χ0v) is 25.9. The first-order chi connectivity index (χ1) is 20.3. The fourth-order valence-electron chi connectivity index (χ4n) is 5.35. The topological polar surface area (TPSA) is 108 Å². The molecule has 0 radical (unpaired) electrons. The van der Waals surface area contributed by atoms with Crippen LogP contribution in [-0.4, -0.2) is 45.6 Å². The predicted molar refractivity (Wildman–Crippen MR) is 168 cm³/mol. The number of rotatable bonds is 9. The largest absolute Gasteiger partial charge is 0.508 e. The van der Waals surface area contributed by atoms with Gasteiger partial charge in [0.15, 0.2) is 0 Å². The van der Waals surface area contributed by atoms with E-state index in [9.17, 15) is 19.5 Å². The van der Waals surface area contributed by atoms with E-state index in [-0.39, 0.29) is 30.0 Å². The normalized spacial score (nSPS) is 14.7. The van der Waals surface area contributed by atoms with Crippen LogP contribution in [0.3, 0.4) is 0 Å². The SMILES string of the molecule is Cc1cc(C(C(=O)Nc2c(C)cccc2C)N(C(=O)C(Cc2ccccc2)NC(=O)OC(C)(C)C)C2CCC2)ccc1O. The van der Waals surface area contributed by atoms with Gasteiger partial charge in [-0.05, 0) is 101 Å². The number of alkyl carbamates (subject to hydrolysis) is 1. The molecule has 2 atom stereocenters. The molecule has 1 aliphatic carbocycles. The van der Waals surface area contributed by atoms with E-state index in [4.69, 9.17) is 4.74 Å². The minimum absolute atomic E-state index is 0.104. The molecule has 3 N–H and O–H groups in total. The second-order valence-electron chi connectivity index (χ2n) is 12.4. The summed E-state index contributed by atoms with van der Waals surface area (Å²) in [7, 11) is 0. The molecule has 0 aromatic heterocycles. The molecule has 0 aliphatic heterocycles. The molecule has 8 heteroatoms. The summed E-state index contributed by atoms with van der Waals surface area (Å²) in [5.74, 6) is -0.627. The number of aromatic hydroxyl groups is 1. The van der Waals surface area contributed by atoms with Gasteiger partial charge in [-0.1, -0.05) is 54.6 Å². The molecule has 1 saturated carbocycles. The Kier molecular flexibility index (Phi) is 9.79. The van der Waals surface area contributed by atoms with Crippen LogP contribution in [0.1, 0.15) is 73.9 Å². The quantitative estimate of drug-likeness (QED) is 0.265. The van der Waals surface area contributed by atoms with Crippen molar-refractivity contribution in [3.8, 4) is 5.75 Å². The fourth-order valence-corrected chi connectivity index (χ4v) is 5.35. The average molecular weight is 586 g/mol. The molecular formula is C35H43N3O5. The van der Waals surface area contributed by atoms with Gasteiger partial charge in [0.05, 0.1) is 0 Å². The maximum Gasteiger partial charge on any atom is 0.408 e. The highest BCUT2D eigenvalue weighted by Crippen LogP contribution is 2.36. The number of phenolic OH excluding ortho intramolecular Hbond substituents is 1. The van der Waals surface area contributed by atoms with Gasteiger partial charge in [0, 0.05) is 18.2 Å². The van der Waals surface area contributed by atoms with Crippen LogP contribution in [0.15, 0.2) is 66.7 Å². The van der Waals surface area contributed by atoms with Gasteiger partial charge < -0.3 is 25.4 Å². The molecular weight excluding hydrogens is 542 g/mol. The number of aryl methyl sites for hydroxylation is 3. The van der Waals surface area contributed by atoms with Gasteiger partial charge >= 0.3 is 6.09 Å². The van der Waals surface area contributed by atoms with Gasteiger partial charge in [-0.2, -0.15) is 0 Å². The monoisotopic (exact) mass is 585 g/mol. The standard InChI is InChI=1S/C35H43N3O5/c1-22-12-10-13-23(2)30(22)37-32(40)31(26-18-19-29(39)24(3)20-26)38(27-16-11-17-27)33(41)28(21-25-14-8-7-9-15-25)36-34(42)43-35(4,5)6/h7-10,12-15,18-20,27-28,31,39H,11,16-17,21H2,1-6H3,(H,36,42)(H,37,40). The second-order valence-corrected chi connectivity index (χ2v) is 12.4. The Balaban J connectivity index is 1.78. The minimum Gasteiger partial charge on any atom is -0.508 e. The van der Waals surface area contributed by atoms with Gasteiger partial charge in [0.1, 0.15) is 23.4 Å². The van der Waals surface area contributed by atoms with Gasteiger partial charge in [-0.15, -0.1) is 0 Å². The molecule has 8 nitrogen and oxygen atoms in total. The van der Waals surface area contributed by atoms with Gasteiger partial charge in [-0.3, -0.25) is 9.59 Å². The third-order valence-electron chi connectivity index (χ3n) is 7.79. The van der Waals surface area contributed by atoms with Crippen molar-refractivity contribution in [2.45, 2.75) is 91.0 Å². The van der Waals surface area contributed by atoms with Crippen molar-refractivity contribution < 1.29 is 24.2 Å². The van der Waals surface area contributed by atoms with Crippen molar-refractivity contribution >= 4 is 23.6 Å². The Bertz CT molecular complexity index is 1440. The molecule has 3 aromatic carbocycles. The van der Waals surface area contributed by atoms with E-state index >= 15 is 0 Å². The maximum atomic E-state index is 14.7. The Morgan fingerprint density at radius 3 is 2.14 bits per heavy atom. The van der Waals surface area contributed by atoms with Gasteiger partial charge in [0.2, 0.25) is 5.91 Å². The number of amides is 3.